The molecule has 0 aliphatic carbocycles. The van der Waals surface area contributed by atoms with Crippen molar-refractivity contribution in [1.29, 1.82) is 0 Å². The molecule has 2 aromatic rings. The molecule has 7 heteroatoms. The van der Waals surface area contributed by atoms with Gasteiger partial charge < -0.3 is 9.08 Å². The Labute approximate surface area is 166 Å². The highest BCUT2D eigenvalue weighted by Crippen LogP contribution is 2.28. The second kappa shape index (κ2) is 8.76. The minimum absolute atomic E-state index is 0.0330. The summed E-state index contributed by atoms with van der Waals surface area (Å²) in [5.41, 5.74) is 1.30. The normalized spacial score (nSPS) is 11.5. The molecule has 0 saturated carbocycles. The summed E-state index contributed by atoms with van der Waals surface area (Å²) in [4.78, 5) is 13.5. The van der Waals surface area contributed by atoms with Gasteiger partial charge in [0.1, 0.15) is 10.6 Å². The SMILES string of the molecule is CC(=O)N(Cc1cccc(OS(=O)(=O)c2c(C)cccc2Cl)c1)CC(C)C. The summed E-state index contributed by atoms with van der Waals surface area (Å²) in [6.45, 7) is 8.26. The van der Waals surface area contributed by atoms with Gasteiger partial charge in [-0.25, -0.2) is 0 Å². The Morgan fingerprint density at radius 2 is 1.85 bits per heavy atom. The van der Waals surface area contributed by atoms with Crippen LogP contribution in [0.1, 0.15) is 31.9 Å². The second-order valence-electron chi connectivity index (χ2n) is 6.86. The zero-order valence-electron chi connectivity index (χ0n) is 15.9. The van der Waals surface area contributed by atoms with E-state index in [1.54, 1.807) is 42.2 Å². The van der Waals surface area contributed by atoms with E-state index in [9.17, 15) is 13.2 Å². The van der Waals surface area contributed by atoms with Gasteiger partial charge in [0, 0.05) is 20.0 Å². The summed E-state index contributed by atoms with van der Waals surface area (Å²) in [6, 6.07) is 11.6. The van der Waals surface area contributed by atoms with Crippen LogP contribution in [0.5, 0.6) is 5.75 Å². The van der Waals surface area contributed by atoms with Gasteiger partial charge in [0.05, 0.1) is 5.02 Å². The fourth-order valence-corrected chi connectivity index (χ4v) is 4.48. The Morgan fingerprint density at radius 3 is 2.44 bits per heavy atom. The lowest BCUT2D eigenvalue weighted by atomic mass is 10.1. The lowest BCUT2D eigenvalue weighted by Gasteiger charge is -2.23. The lowest BCUT2D eigenvalue weighted by molar-refractivity contribution is -0.130. The van der Waals surface area contributed by atoms with Crippen molar-refractivity contribution < 1.29 is 17.4 Å². The van der Waals surface area contributed by atoms with E-state index in [1.165, 1.54) is 13.0 Å². The van der Waals surface area contributed by atoms with E-state index >= 15 is 0 Å². The summed E-state index contributed by atoms with van der Waals surface area (Å²) in [5, 5.41) is 0.117. The van der Waals surface area contributed by atoms with Gasteiger partial charge in [-0.3, -0.25) is 4.79 Å². The van der Waals surface area contributed by atoms with Gasteiger partial charge in [-0.2, -0.15) is 8.42 Å². The van der Waals surface area contributed by atoms with Crippen molar-refractivity contribution in [1.82, 2.24) is 4.90 Å². The number of amides is 1. The molecular weight excluding hydrogens is 386 g/mol. The van der Waals surface area contributed by atoms with Crippen LogP contribution in [0.4, 0.5) is 0 Å². The maximum Gasteiger partial charge on any atom is 0.340 e. The molecule has 0 unspecified atom stereocenters. The second-order valence-corrected chi connectivity index (χ2v) is 8.75. The number of hydrogen-bond donors (Lipinski definition) is 0. The molecule has 146 valence electrons. The molecule has 0 aliphatic heterocycles. The number of halogens is 1. The summed E-state index contributed by atoms with van der Waals surface area (Å²) >= 11 is 6.06. The molecule has 0 saturated heterocycles. The van der Waals surface area contributed by atoms with Gasteiger partial charge in [0.2, 0.25) is 5.91 Å². The first-order valence-corrected chi connectivity index (χ1v) is 10.4. The Hall–Kier alpha value is -2.05. The van der Waals surface area contributed by atoms with E-state index in [2.05, 4.69) is 0 Å². The monoisotopic (exact) mass is 409 g/mol. The summed E-state index contributed by atoms with van der Waals surface area (Å²) in [5.74, 6) is 0.478. The van der Waals surface area contributed by atoms with Gasteiger partial charge in [-0.05, 0) is 42.2 Å². The average Bonchev–Trinajstić information content (AvgIpc) is 2.53. The van der Waals surface area contributed by atoms with Crippen molar-refractivity contribution in [3.05, 3.63) is 58.6 Å². The third-order valence-corrected chi connectivity index (χ3v) is 5.80. The van der Waals surface area contributed by atoms with Crippen molar-refractivity contribution in [2.75, 3.05) is 6.54 Å². The van der Waals surface area contributed by atoms with Crippen LogP contribution < -0.4 is 4.18 Å². The molecule has 0 radical (unpaired) electrons. The quantitative estimate of drug-likeness (QED) is 0.635. The zero-order chi connectivity index (χ0) is 20.2. The first kappa shape index (κ1) is 21.3. The highest BCUT2D eigenvalue weighted by molar-refractivity contribution is 7.87. The number of carbonyl (C=O) groups is 1. The zero-order valence-corrected chi connectivity index (χ0v) is 17.5. The van der Waals surface area contributed by atoms with Gasteiger partial charge in [0.15, 0.2) is 0 Å². The van der Waals surface area contributed by atoms with Crippen molar-refractivity contribution in [3.8, 4) is 5.75 Å². The van der Waals surface area contributed by atoms with E-state index in [4.69, 9.17) is 15.8 Å². The highest BCUT2D eigenvalue weighted by atomic mass is 35.5. The van der Waals surface area contributed by atoms with Crippen molar-refractivity contribution in [3.63, 3.8) is 0 Å². The number of rotatable bonds is 7. The van der Waals surface area contributed by atoms with Crippen LogP contribution in [0.15, 0.2) is 47.4 Å². The van der Waals surface area contributed by atoms with Crippen LogP contribution in [-0.2, 0) is 21.5 Å². The summed E-state index contributed by atoms with van der Waals surface area (Å²) < 4.78 is 30.6. The molecule has 0 spiro atoms. The maximum atomic E-state index is 12.7. The number of benzene rings is 2. The van der Waals surface area contributed by atoms with Crippen LogP contribution in [0.2, 0.25) is 5.02 Å². The molecule has 5 nitrogen and oxygen atoms in total. The fourth-order valence-electron chi connectivity index (χ4n) is 2.76. The Balaban J connectivity index is 2.26. The van der Waals surface area contributed by atoms with Gasteiger partial charge in [0.25, 0.3) is 0 Å². The van der Waals surface area contributed by atoms with E-state index in [0.717, 1.165) is 5.56 Å². The lowest BCUT2D eigenvalue weighted by Crippen LogP contribution is -2.31. The minimum Gasteiger partial charge on any atom is -0.379 e. The fraction of sp³-hybridized carbons (Fsp3) is 0.350. The first-order chi connectivity index (χ1) is 12.6. The molecule has 1 amide bonds. The van der Waals surface area contributed by atoms with Gasteiger partial charge in [-0.1, -0.05) is 49.7 Å². The number of carbonyl (C=O) groups excluding carboxylic acids is 1. The van der Waals surface area contributed by atoms with Crippen LogP contribution in [0.25, 0.3) is 0 Å². The largest absolute Gasteiger partial charge is 0.379 e. The molecule has 0 atom stereocenters. The van der Waals surface area contributed by atoms with Crippen molar-refractivity contribution in [2.24, 2.45) is 5.92 Å². The smallest absolute Gasteiger partial charge is 0.340 e. The highest BCUT2D eigenvalue weighted by Gasteiger charge is 2.23. The molecule has 0 fully saturated rings. The topological polar surface area (TPSA) is 63.7 Å². The molecule has 2 aromatic carbocycles. The summed E-state index contributed by atoms with van der Waals surface area (Å²) in [6.07, 6.45) is 0. The maximum absolute atomic E-state index is 12.7. The third kappa shape index (κ3) is 5.71. The molecule has 2 rings (SSSR count). The molecule has 27 heavy (non-hydrogen) atoms. The van der Waals surface area contributed by atoms with Gasteiger partial charge >= 0.3 is 10.1 Å². The van der Waals surface area contributed by atoms with Crippen molar-refractivity contribution in [2.45, 2.75) is 39.1 Å². The third-order valence-electron chi connectivity index (χ3n) is 3.92. The molecule has 0 aromatic heterocycles. The standard InChI is InChI=1S/C20H24ClNO4S/c1-14(2)12-22(16(4)23)13-17-8-6-9-18(11-17)26-27(24,25)20-15(3)7-5-10-19(20)21/h5-11,14H,12-13H2,1-4H3. The predicted molar refractivity (Wildman–Crippen MR) is 106 cm³/mol. The number of aryl methyl sites for hydroxylation is 1. The Kier molecular flexibility index (Phi) is 6.89. The van der Waals surface area contributed by atoms with Crippen LogP contribution in [0.3, 0.4) is 0 Å². The van der Waals surface area contributed by atoms with E-state index in [1.807, 2.05) is 19.9 Å². The minimum atomic E-state index is -4.07. The predicted octanol–water partition coefficient (Wildman–Crippen LogP) is 4.42. The summed E-state index contributed by atoms with van der Waals surface area (Å²) in [7, 11) is -4.07. The van der Waals surface area contributed by atoms with Crippen LogP contribution in [-0.4, -0.2) is 25.8 Å². The van der Waals surface area contributed by atoms with E-state index in [0.29, 0.717) is 24.6 Å². The first-order valence-electron chi connectivity index (χ1n) is 8.64. The van der Waals surface area contributed by atoms with Crippen molar-refractivity contribution >= 4 is 27.6 Å². The molecule has 0 bridgehead atoms. The Bertz CT molecular complexity index is 905. The number of nitrogens with zero attached hydrogens (tertiary/aromatic N) is 1. The Morgan fingerprint density at radius 1 is 1.19 bits per heavy atom. The molecule has 0 aliphatic rings. The van der Waals surface area contributed by atoms with Gasteiger partial charge in [-0.15, -0.1) is 0 Å². The van der Waals surface area contributed by atoms with Crippen LogP contribution >= 0.6 is 11.6 Å². The number of hydrogen-bond acceptors (Lipinski definition) is 4. The van der Waals surface area contributed by atoms with E-state index in [-0.39, 0.29) is 21.6 Å². The van der Waals surface area contributed by atoms with Crippen LogP contribution in [0, 0.1) is 12.8 Å². The average molecular weight is 410 g/mol. The molecular formula is C20H24ClNO4S. The van der Waals surface area contributed by atoms with E-state index < -0.39 is 10.1 Å². The molecule has 0 heterocycles. The molecule has 0 N–H and O–H groups in total.